The van der Waals surface area contributed by atoms with Crippen LogP contribution in [0.2, 0.25) is 0 Å². The lowest BCUT2D eigenvalue weighted by Crippen LogP contribution is -2.34. The van der Waals surface area contributed by atoms with Crippen molar-refractivity contribution in [3.05, 3.63) is 29.3 Å². The summed E-state index contributed by atoms with van der Waals surface area (Å²) in [5, 5.41) is 3.06. The molecule has 6 heteroatoms. The van der Waals surface area contributed by atoms with Gasteiger partial charge in [0, 0.05) is 26.7 Å². The van der Waals surface area contributed by atoms with Gasteiger partial charge in [0.25, 0.3) is 0 Å². The fourth-order valence-corrected chi connectivity index (χ4v) is 3.80. The Labute approximate surface area is 127 Å². The van der Waals surface area contributed by atoms with Gasteiger partial charge in [-0.3, -0.25) is 0 Å². The molecule has 1 aliphatic heterocycles. The Bertz CT molecular complexity index is 581. The molecular weight excluding hydrogens is 288 g/mol. The van der Waals surface area contributed by atoms with Crippen molar-refractivity contribution in [2.75, 3.05) is 27.2 Å². The molecule has 118 valence electrons. The summed E-state index contributed by atoms with van der Waals surface area (Å²) in [6.07, 6.45) is 1.96. The topological polar surface area (TPSA) is 58.6 Å². The predicted molar refractivity (Wildman–Crippen MR) is 82.7 cm³/mol. The lowest BCUT2D eigenvalue weighted by atomic mass is 10.1. The molecule has 5 nitrogen and oxygen atoms in total. The number of benzene rings is 1. The number of hydrogen-bond donors (Lipinski definition) is 1. The first-order chi connectivity index (χ1) is 9.95. The molecule has 0 aromatic heterocycles. The summed E-state index contributed by atoms with van der Waals surface area (Å²) >= 11 is 0. The summed E-state index contributed by atoms with van der Waals surface area (Å²) < 4.78 is 32.2. The van der Waals surface area contributed by atoms with Crippen molar-refractivity contribution in [3.8, 4) is 0 Å². The molecule has 2 rings (SSSR count). The number of ether oxygens (including phenoxy) is 1. The summed E-state index contributed by atoms with van der Waals surface area (Å²) in [6.45, 7) is 3.79. The Morgan fingerprint density at radius 3 is 2.81 bits per heavy atom. The van der Waals surface area contributed by atoms with E-state index >= 15 is 0 Å². The smallest absolute Gasteiger partial charge is 0.242 e. The summed E-state index contributed by atoms with van der Waals surface area (Å²) in [7, 11) is 0.0125. The van der Waals surface area contributed by atoms with Gasteiger partial charge in [-0.2, -0.15) is 4.31 Å². The molecule has 0 spiro atoms. The van der Waals surface area contributed by atoms with E-state index in [1.165, 1.54) is 4.31 Å². The monoisotopic (exact) mass is 312 g/mol. The highest BCUT2D eigenvalue weighted by atomic mass is 32.2. The third kappa shape index (κ3) is 3.83. The van der Waals surface area contributed by atoms with Crippen LogP contribution in [0.3, 0.4) is 0 Å². The summed E-state index contributed by atoms with van der Waals surface area (Å²) in [5.41, 5.74) is 2.09. The molecule has 0 radical (unpaired) electrons. The van der Waals surface area contributed by atoms with Gasteiger partial charge in [0.05, 0.1) is 11.0 Å². The van der Waals surface area contributed by atoms with Gasteiger partial charge in [-0.25, -0.2) is 8.42 Å². The Morgan fingerprint density at radius 1 is 1.43 bits per heavy atom. The fraction of sp³-hybridized carbons (Fsp3) is 0.600. The minimum Gasteiger partial charge on any atom is -0.377 e. The number of nitrogens with zero attached hydrogens (tertiary/aromatic N) is 1. The predicted octanol–water partition coefficient (Wildman–Crippen LogP) is 1.51. The minimum absolute atomic E-state index is 0.0204. The standard InChI is InChI=1S/C15H24N2O3S/c1-12-6-7-15(9-13(12)10-16-2)21(18,19)17(3)11-14-5-4-8-20-14/h6-7,9,14,16H,4-5,8,10-11H2,1-3H3. The van der Waals surface area contributed by atoms with Gasteiger partial charge in [0.2, 0.25) is 10.0 Å². The van der Waals surface area contributed by atoms with Crippen molar-refractivity contribution >= 4 is 10.0 Å². The number of rotatable bonds is 6. The lowest BCUT2D eigenvalue weighted by molar-refractivity contribution is 0.0979. The summed E-state index contributed by atoms with van der Waals surface area (Å²) in [5.74, 6) is 0. The molecule has 0 bridgehead atoms. The van der Waals surface area contributed by atoms with Crippen LogP contribution < -0.4 is 5.32 Å². The van der Waals surface area contributed by atoms with Gasteiger partial charge in [0.1, 0.15) is 0 Å². The molecule has 1 saturated heterocycles. The molecule has 1 aromatic rings. The van der Waals surface area contributed by atoms with Crippen LogP contribution >= 0.6 is 0 Å². The van der Waals surface area contributed by atoms with Crippen LogP contribution in [0.25, 0.3) is 0 Å². The van der Waals surface area contributed by atoms with Crippen molar-refractivity contribution in [1.82, 2.24) is 9.62 Å². The molecule has 1 aromatic carbocycles. The Kier molecular flexibility index (Phi) is 5.37. The Balaban J connectivity index is 2.19. The van der Waals surface area contributed by atoms with Crippen LogP contribution in [0, 0.1) is 6.92 Å². The average Bonchev–Trinajstić information content (AvgIpc) is 2.94. The van der Waals surface area contributed by atoms with E-state index in [9.17, 15) is 8.42 Å². The maximum atomic E-state index is 12.6. The van der Waals surface area contributed by atoms with E-state index < -0.39 is 10.0 Å². The van der Waals surface area contributed by atoms with Crippen molar-refractivity contribution in [1.29, 1.82) is 0 Å². The molecule has 1 aliphatic rings. The normalized spacial score (nSPS) is 19.3. The van der Waals surface area contributed by atoms with Crippen LogP contribution in [0.4, 0.5) is 0 Å². The van der Waals surface area contributed by atoms with E-state index in [4.69, 9.17) is 4.74 Å². The quantitative estimate of drug-likeness (QED) is 0.865. The van der Waals surface area contributed by atoms with Crippen LogP contribution in [-0.2, 0) is 21.3 Å². The fourth-order valence-electron chi connectivity index (χ4n) is 2.54. The molecule has 1 N–H and O–H groups in total. The van der Waals surface area contributed by atoms with Crippen molar-refractivity contribution < 1.29 is 13.2 Å². The molecule has 1 atom stereocenters. The number of sulfonamides is 1. The maximum absolute atomic E-state index is 12.6. The Hall–Kier alpha value is -0.950. The van der Waals surface area contributed by atoms with E-state index in [0.29, 0.717) is 18.0 Å². The highest BCUT2D eigenvalue weighted by Gasteiger charge is 2.26. The first kappa shape index (κ1) is 16.4. The molecule has 1 fully saturated rings. The van der Waals surface area contributed by atoms with Crippen LogP contribution in [0.1, 0.15) is 24.0 Å². The number of likely N-dealkylation sites (N-methyl/N-ethyl adjacent to an activating group) is 1. The Morgan fingerprint density at radius 2 is 2.19 bits per heavy atom. The van der Waals surface area contributed by atoms with Gasteiger partial charge in [-0.05, 0) is 50.1 Å². The van der Waals surface area contributed by atoms with E-state index in [0.717, 1.165) is 30.6 Å². The summed E-state index contributed by atoms with van der Waals surface area (Å²) in [4.78, 5) is 0.346. The first-order valence-corrected chi connectivity index (χ1v) is 8.71. The van der Waals surface area contributed by atoms with Crippen molar-refractivity contribution in [2.24, 2.45) is 0 Å². The van der Waals surface area contributed by atoms with Gasteiger partial charge in [-0.15, -0.1) is 0 Å². The molecule has 0 saturated carbocycles. The second-order valence-corrected chi connectivity index (χ2v) is 7.58. The largest absolute Gasteiger partial charge is 0.377 e. The molecule has 0 amide bonds. The second-order valence-electron chi connectivity index (χ2n) is 5.54. The average molecular weight is 312 g/mol. The zero-order valence-corrected chi connectivity index (χ0v) is 13.7. The van der Waals surface area contributed by atoms with E-state index in [1.807, 2.05) is 20.0 Å². The molecular formula is C15H24N2O3S. The van der Waals surface area contributed by atoms with E-state index in [-0.39, 0.29) is 6.10 Å². The minimum atomic E-state index is -3.46. The van der Waals surface area contributed by atoms with Gasteiger partial charge in [-0.1, -0.05) is 6.07 Å². The highest BCUT2D eigenvalue weighted by Crippen LogP contribution is 2.21. The molecule has 1 unspecified atom stereocenters. The molecule has 21 heavy (non-hydrogen) atoms. The number of hydrogen-bond acceptors (Lipinski definition) is 4. The van der Waals surface area contributed by atoms with Crippen LogP contribution in [0.5, 0.6) is 0 Å². The maximum Gasteiger partial charge on any atom is 0.242 e. The van der Waals surface area contributed by atoms with E-state index in [1.54, 1.807) is 19.2 Å². The lowest BCUT2D eigenvalue weighted by Gasteiger charge is -2.21. The number of aryl methyl sites for hydroxylation is 1. The zero-order valence-electron chi connectivity index (χ0n) is 12.9. The molecule has 0 aliphatic carbocycles. The van der Waals surface area contributed by atoms with Crippen LogP contribution in [0.15, 0.2) is 23.1 Å². The van der Waals surface area contributed by atoms with Gasteiger partial charge < -0.3 is 10.1 Å². The van der Waals surface area contributed by atoms with Crippen molar-refractivity contribution in [2.45, 2.75) is 37.3 Å². The second kappa shape index (κ2) is 6.87. The third-order valence-electron chi connectivity index (χ3n) is 3.88. The van der Waals surface area contributed by atoms with Gasteiger partial charge in [0.15, 0.2) is 0 Å². The highest BCUT2D eigenvalue weighted by molar-refractivity contribution is 7.89. The van der Waals surface area contributed by atoms with E-state index in [2.05, 4.69) is 5.32 Å². The zero-order chi connectivity index (χ0) is 15.5. The first-order valence-electron chi connectivity index (χ1n) is 7.27. The SMILES string of the molecule is CNCc1cc(S(=O)(=O)N(C)CC2CCCO2)ccc1C. The van der Waals surface area contributed by atoms with Crippen molar-refractivity contribution in [3.63, 3.8) is 0 Å². The molecule has 1 heterocycles. The third-order valence-corrected chi connectivity index (χ3v) is 5.70. The van der Waals surface area contributed by atoms with Gasteiger partial charge >= 0.3 is 0 Å². The summed E-state index contributed by atoms with van der Waals surface area (Å²) in [6, 6.07) is 5.29. The number of nitrogens with one attached hydrogen (secondary N) is 1. The van der Waals surface area contributed by atoms with Crippen LogP contribution in [-0.4, -0.2) is 46.1 Å².